The number of carbonyl (C=O) groups is 1. The van der Waals surface area contributed by atoms with E-state index in [9.17, 15) is 4.79 Å². The lowest BCUT2D eigenvalue weighted by Gasteiger charge is -2.25. The van der Waals surface area contributed by atoms with Crippen LogP contribution in [-0.2, 0) is 0 Å². The third-order valence-corrected chi connectivity index (χ3v) is 3.57. The molecule has 5 nitrogen and oxygen atoms in total. The van der Waals surface area contributed by atoms with Crippen molar-refractivity contribution in [3.8, 4) is 5.75 Å². The first kappa shape index (κ1) is 14.8. The minimum atomic E-state index is -0.0892. The highest BCUT2D eigenvalue weighted by Crippen LogP contribution is 2.25. The maximum atomic E-state index is 12.5. The number of pyridine rings is 1. The number of nitrogens with two attached hydrogens (primary N) is 1. The second kappa shape index (κ2) is 6.26. The van der Waals surface area contributed by atoms with Crippen LogP contribution in [0.15, 0.2) is 42.7 Å². The van der Waals surface area contributed by atoms with E-state index in [1.54, 1.807) is 49.7 Å². The molecule has 2 N–H and O–H groups in total. The summed E-state index contributed by atoms with van der Waals surface area (Å²) in [5, 5.41) is 0. The van der Waals surface area contributed by atoms with Crippen molar-refractivity contribution in [1.29, 1.82) is 0 Å². The number of hydrogen-bond acceptors (Lipinski definition) is 4. The van der Waals surface area contributed by atoms with Gasteiger partial charge in [-0.3, -0.25) is 9.78 Å². The highest BCUT2D eigenvalue weighted by Gasteiger charge is 2.19. The van der Waals surface area contributed by atoms with Gasteiger partial charge in [0.25, 0.3) is 5.91 Å². The molecule has 1 aromatic heterocycles. The summed E-state index contributed by atoms with van der Waals surface area (Å²) >= 11 is 0. The van der Waals surface area contributed by atoms with Gasteiger partial charge >= 0.3 is 0 Å². The van der Waals surface area contributed by atoms with E-state index in [1.807, 2.05) is 19.1 Å². The summed E-state index contributed by atoms with van der Waals surface area (Å²) in [6.07, 6.45) is 3.44. The van der Waals surface area contributed by atoms with Crippen LogP contribution in [-0.4, -0.2) is 29.9 Å². The van der Waals surface area contributed by atoms with Gasteiger partial charge in [0.1, 0.15) is 5.75 Å². The van der Waals surface area contributed by atoms with Gasteiger partial charge in [-0.2, -0.15) is 0 Å². The van der Waals surface area contributed by atoms with Gasteiger partial charge in [0.05, 0.1) is 18.8 Å². The SMILES string of the molecule is COc1ccc(C(=O)N(C)C(C)c2ccncc2)cc1N. The van der Waals surface area contributed by atoms with Crippen molar-refractivity contribution in [1.82, 2.24) is 9.88 Å². The fourth-order valence-corrected chi connectivity index (χ4v) is 2.11. The van der Waals surface area contributed by atoms with Gasteiger partial charge in [-0.1, -0.05) is 0 Å². The zero-order valence-electron chi connectivity index (χ0n) is 12.4. The van der Waals surface area contributed by atoms with Crippen LogP contribution in [0, 0.1) is 0 Å². The van der Waals surface area contributed by atoms with Crippen LogP contribution in [0.25, 0.3) is 0 Å². The Hall–Kier alpha value is -2.56. The predicted molar refractivity (Wildman–Crippen MR) is 82.2 cm³/mol. The molecule has 0 aliphatic carbocycles. The predicted octanol–water partition coefficient (Wildman–Crippen LogP) is 2.51. The molecule has 0 saturated carbocycles. The summed E-state index contributed by atoms with van der Waals surface area (Å²) in [6, 6.07) is 8.80. The van der Waals surface area contributed by atoms with E-state index in [-0.39, 0.29) is 11.9 Å². The summed E-state index contributed by atoms with van der Waals surface area (Å²) in [5.74, 6) is 0.477. The Bertz CT molecular complexity index is 629. The molecule has 0 saturated heterocycles. The van der Waals surface area contributed by atoms with E-state index in [4.69, 9.17) is 10.5 Å². The fraction of sp³-hybridized carbons (Fsp3) is 0.250. The zero-order chi connectivity index (χ0) is 15.4. The Morgan fingerprint density at radius 1 is 1.29 bits per heavy atom. The van der Waals surface area contributed by atoms with Gasteiger partial charge in [0.2, 0.25) is 0 Å². The Morgan fingerprint density at radius 3 is 2.52 bits per heavy atom. The van der Waals surface area contributed by atoms with E-state index in [2.05, 4.69) is 4.98 Å². The first-order chi connectivity index (χ1) is 10.0. The first-order valence-corrected chi connectivity index (χ1v) is 6.65. The van der Waals surface area contributed by atoms with Gasteiger partial charge in [0.15, 0.2) is 0 Å². The second-order valence-electron chi connectivity index (χ2n) is 4.83. The number of nitrogens with zero attached hydrogens (tertiary/aromatic N) is 2. The maximum Gasteiger partial charge on any atom is 0.254 e. The van der Waals surface area contributed by atoms with Crippen LogP contribution in [0.1, 0.15) is 28.9 Å². The van der Waals surface area contributed by atoms with Crippen LogP contribution < -0.4 is 10.5 Å². The average Bonchev–Trinajstić information content (AvgIpc) is 2.53. The number of hydrogen-bond donors (Lipinski definition) is 1. The van der Waals surface area contributed by atoms with Gasteiger partial charge in [-0.25, -0.2) is 0 Å². The molecule has 2 rings (SSSR count). The summed E-state index contributed by atoms with van der Waals surface area (Å²) in [7, 11) is 3.32. The molecule has 0 spiro atoms. The minimum absolute atomic E-state index is 0.0520. The van der Waals surface area contributed by atoms with Crippen molar-refractivity contribution in [3.63, 3.8) is 0 Å². The monoisotopic (exact) mass is 285 g/mol. The lowest BCUT2D eigenvalue weighted by Crippen LogP contribution is -2.29. The highest BCUT2D eigenvalue weighted by atomic mass is 16.5. The van der Waals surface area contributed by atoms with Crippen LogP contribution in [0.2, 0.25) is 0 Å². The maximum absolute atomic E-state index is 12.5. The summed E-state index contributed by atoms with van der Waals surface area (Å²) in [4.78, 5) is 18.2. The number of aromatic nitrogens is 1. The molecule has 5 heteroatoms. The summed E-state index contributed by atoms with van der Waals surface area (Å²) in [6.45, 7) is 1.97. The molecule has 0 bridgehead atoms. The lowest BCUT2D eigenvalue weighted by molar-refractivity contribution is 0.0742. The molecule has 0 aliphatic rings. The van der Waals surface area contributed by atoms with E-state index < -0.39 is 0 Å². The van der Waals surface area contributed by atoms with Crippen molar-refractivity contribution in [2.24, 2.45) is 0 Å². The average molecular weight is 285 g/mol. The van der Waals surface area contributed by atoms with E-state index in [0.29, 0.717) is 17.0 Å². The molecule has 0 radical (unpaired) electrons. The highest BCUT2D eigenvalue weighted by molar-refractivity contribution is 5.95. The van der Waals surface area contributed by atoms with Crippen molar-refractivity contribution in [3.05, 3.63) is 53.9 Å². The van der Waals surface area contributed by atoms with Crippen molar-refractivity contribution < 1.29 is 9.53 Å². The molecule has 1 aromatic carbocycles. The number of methoxy groups -OCH3 is 1. The molecule has 1 heterocycles. The van der Waals surface area contributed by atoms with Crippen molar-refractivity contribution in [2.75, 3.05) is 19.9 Å². The van der Waals surface area contributed by atoms with Gasteiger partial charge < -0.3 is 15.4 Å². The molecular formula is C16H19N3O2. The van der Waals surface area contributed by atoms with Gasteiger partial charge in [0, 0.05) is 25.0 Å². The Morgan fingerprint density at radius 2 is 1.95 bits per heavy atom. The Balaban J connectivity index is 2.21. The van der Waals surface area contributed by atoms with E-state index >= 15 is 0 Å². The number of nitrogen functional groups attached to an aromatic ring is 1. The lowest BCUT2D eigenvalue weighted by atomic mass is 10.1. The standard InChI is InChI=1S/C16H19N3O2/c1-11(12-6-8-18-9-7-12)19(2)16(20)13-4-5-15(21-3)14(17)10-13/h4-11H,17H2,1-3H3. The summed E-state index contributed by atoms with van der Waals surface area (Å²) < 4.78 is 5.10. The van der Waals surface area contributed by atoms with Crippen molar-refractivity contribution in [2.45, 2.75) is 13.0 Å². The number of anilines is 1. The Labute approximate surface area is 124 Å². The molecule has 0 fully saturated rings. The molecule has 21 heavy (non-hydrogen) atoms. The number of benzene rings is 1. The van der Waals surface area contributed by atoms with E-state index in [0.717, 1.165) is 5.56 Å². The molecule has 1 amide bonds. The van der Waals surface area contributed by atoms with Crippen molar-refractivity contribution >= 4 is 11.6 Å². The third kappa shape index (κ3) is 3.13. The molecule has 1 unspecified atom stereocenters. The fourth-order valence-electron chi connectivity index (χ4n) is 2.11. The smallest absolute Gasteiger partial charge is 0.254 e. The van der Waals surface area contributed by atoms with E-state index in [1.165, 1.54) is 0 Å². The molecule has 110 valence electrons. The Kier molecular flexibility index (Phi) is 4.42. The quantitative estimate of drug-likeness (QED) is 0.876. The van der Waals surface area contributed by atoms with Crippen LogP contribution in [0.5, 0.6) is 5.75 Å². The van der Waals surface area contributed by atoms with Crippen LogP contribution in [0.4, 0.5) is 5.69 Å². The molecular weight excluding hydrogens is 266 g/mol. The van der Waals surface area contributed by atoms with Gasteiger partial charge in [-0.15, -0.1) is 0 Å². The largest absolute Gasteiger partial charge is 0.495 e. The topological polar surface area (TPSA) is 68.5 Å². The molecule has 2 aromatic rings. The first-order valence-electron chi connectivity index (χ1n) is 6.65. The number of amides is 1. The summed E-state index contributed by atoms with van der Waals surface area (Å²) in [5.41, 5.74) is 7.87. The number of carbonyl (C=O) groups excluding carboxylic acids is 1. The number of rotatable bonds is 4. The number of ether oxygens (including phenoxy) is 1. The minimum Gasteiger partial charge on any atom is -0.495 e. The van der Waals surface area contributed by atoms with Crippen LogP contribution in [0.3, 0.4) is 0 Å². The molecule has 1 atom stereocenters. The third-order valence-electron chi connectivity index (χ3n) is 3.57. The zero-order valence-corrected chi connectivity index (χ0v) is 12.4. The van der Waals surface area contributed by atoms with Crippen LogP contribution >= 0.6 is 0 Å². The second-order valence-corrected chi connectivity index (χ2v) is 4.83. The van der Waals surface area contributed by atoms with Gasteiger partial charge in [-0.05, 0) is 42.8 Å². The normalized spacial score (nSPS) is 11.8. The molecule has 0 aliphatic heterocycles.